The fourth-order valence-corrected chi connectivity index (χ4v) is 4.18. The number of carbonyl (C=O) groups excluding carboxylic acids is 2. The van der Waals surface area contributed by atoms with Gasteiger partial charge in [0.1, 0.15) is 0 Å². The minimum absolute atomic E-state index is 0.291. The van der Waals surface area contributed by atoms with E-state index in [-0.39, 0.29) is 11.8 Å². The highest BCUT2D eigenvalue weighted by molar-refractivity contribution is 7.97. The summed E-state index contributed by atoms with van der Waals surface area (Å²) in [7, 11) is 0. The lowest BCUT2D eigenvalue weighted by molar-refractivity contribution is -0.125. The molecular weight excluding hydrogens is 408 g/mol. The van der Waals surface area contributed by atoms with Crippen LogP contribution in [-0.4, -0.2) is 29.8 Å². The number of carbonyl (C=O) groups is 2. The number of imide groups is 1. The van der Waals surface area contributed by atoms with Crippen molar-refractivity contribution in [1.29, 1.82) is 0 Å². The average Bonchev–Trinajstić information content (AvgIpc) is 3.05. The summed E-state index contributed by atoms with van der Waals surface area (Å²) < 4.78 is 4.27. The summed E-state index contributed by atoms with van der Waals surface area (Å²) in [6, 6.07) is 19.7. The molecule has 31 heavy (non-hydrogen) atoms. The van der Waals surface area contributed by atoms with Crippen LogP contribution in [0.2, 0.25) is 0 Å². The maximum absolute atomic E-state index is 12.5. The molecule has 2 aliphatic rings. The van der Waals surface area contributed by atoms with E-state index in [2.05, 4.69) is 20.3 Å². The lowest BCUT2D eigenvalue weighted by Gasteiger charge is -2.39. The topological polar surface area (TPSA) is 82.6 Å². The van der Waals surface area contributed by atoms with Crippen molar-refractivity contribution < 1.29 is 9.59 Å². The molecule has 6 nitrogen and oxygen atoms in total. The van der Waals surface area contributed by atoms with Gasteiger partial charge in [0.15, 0.2) is 0 Å². The lowest BCUT2D eigenvalue weighted by atomic mass is 9.78. The number of anilines is 2. The van der Waals surface area contributed by atoms with Crippen LogP contribution in [0.25, 0.3) is 0 Å². The van der Waals surface area contributed by atoms with Gasteiger partial charge in [-0.15, -0.1) is 0 Å². The van der Waals surface area contributed by atoms with Crippen LogP contribution in [0.4, 0.5) is 11.4 Å². The third kappa shape index (κ3) is 4.56. The average molecular weight is 433 g/mol. The van der Waals surface area contributed by atoms with Crippen molar-refractivity contribution in [3.8, 4) is 0 Å². The molecule has 4 rings (SSSR count). The van der Waals surface area contributed by atoms with Gasteiger partial charge in [0.05, 0.1) is 11.5 Å². The van der Waals surface area contributed by atoms with Crippen LogP contribution < -0.4 is 16.0 Å². The minimum Gasteiger partial charge on any atom is -0.371 e. The second-order valence-corrected chi connectivity index (χ2v) is 8.01. The van der Waals surface area contributed by atoms with E-state index in [0.717, 1.165) is 17.1 Å². The molecule has 0 radical (unpaired) electrons. The Morgan fingerprint density at radius 3 is 2.42 bits per heavy atom. The van der Waals surface area contributed by atoms with Gasteiger partial charge < -0.3 is 10.6 Å². The number of rotatable bonds is 8. The Morgan fingerprint density at radius 2 is 1.74 bits per heavy atom. The van der Waals surface area contributed by atoms with E-state index in [1.54, 1.807) is 0 Å². The fraction of sp³-hybridized carbons (Fsp3) is 0.208. The Bertz CT molecular complexity index is 1050. The number of para-hydroxylation sites is 2. The number of hydrogen-bond donors (Lipinski definition) is 3. The molecule has 1 aliphatic carbocycles. The van der Waals surface area contributed by atoms with Gasteiger partial charge in [-0.05, 0) is 61.2 Å². The van der Waals surface area contributed by atoms with E-state index in [1.165, 1.54) is 11.9 Å². The number of hydrogen-bond acceptors (Lipinski definition) is 6. The first-order valence-electron chi connectivity index (χ1n) is 10.1. The molecule has 158 valence electrons. The summed E-state index contributed by atoms with van der Waals surface area (Å²) in [5.74, 6) is -1.22. The molecular formula is C24H24N4O2S. The molecule has 0 aromatic heterocycles. The van der Waals surface area contributed by atoms with Crippen LogP contribution in [0.15, 0.2) is 88.5 Å². The monoisotopic (exact) mass is 432 g/mol. The maximum atomic E-state index is 12.5. The van der Waals surface area contributed by atoms with E-state index in [0.29, 0.717) is 18.4 Å². The molecule has 0 saturated carbocycles. The Labute approximate surface area is 186 Å². The van der Waals surface area contributed by atoms with Gasteiger partial charge in [-0.1, -0.05) is 36.4 Å². The Kier molecular flexibility index (Phi) is 6.23. The molecule has 1 heterocycles. The van der Waals surface area contributed by atoms with Crippen molar-refractivity contribution >= 4 is 41.4 Å². The zero-order valence-electron chi connectivity index (χ0n) is 17.2. The van der Waals surface area contributed by atoms with Crippen LogP contribution in [0, 0.1) is 5.92 Å². The molecule has 1 fully saturated rings. The molecule has 0 spiro atoms. The summed E-state index contributed by atoms with van der Waals surface area (Å²) in [4.78, 5) is 24.9. The zero-order valence-corrected chi connectivity index (χ0v) is 18.0. The van der Waals surface area contributed by atoms with Gasteiger partial charge in [-0.25, -0.2) is 4.40 Å². The highest BCUT2D eigenvalue weighted by Crippen LogP contribution is 2.39. The maximum Gasteiger partial charge on any atom is 0.254 e. The van der Waals surface area contributed by atoms with Gasteiger partial charge in [0, 0.05) is 35.1 Å². The van der Waals surface area contributed by atoms with Gasteiger partial charge in [-0.3, -0.25) is 14.9 Å². The van der Waals surface area contributed by atoms with Crippen LogP contribution in [0.5, 0.6) is 0 Å². The largest absolute Gasteiger partial charge is 0.371 e. The van der Waals surface area contributed by atoms with E-state index < -0.39 is 11.5 Å². The normalized spacial score (nSPS) is 22.5. The summed E-state index contributed by atoms with van der Waals surface area (Å²) in [6.07, 6.45) is 8.91. The molecule has 2 atom stereocenters. The first-order valence-corrected chi connectivity index (χ1v) is 11.3. The highest BCUT2D eigenvalue weighted by atomic mass is 32.2. The number of fused-ring (bicyclic) bond motifs is 1. The molecule has 0 bridgehead atoms. The van der Waals surface area contributed by atoms with Crippen LogP contribution in [0.1, 0.15) is 12.8 Å². The molecule has 2 amide bonds. The van der Waals surface area contributed by atoms with Crippen molar-refractivity contribution in [2.24, 2.45) is 10.3 Å². The summed E-state index contributed by atoms with van der Waals surface area (Å²) in [6.45, 7) is 0. The van der Waals surface area contributed by atoms with E-state index >= 15 is 0 Å². The van der Waals surface area contributed by atoms with E-state index in [4.69, 9.17) is 0 Å². The van der Waals surface area contributed by atoms with Crippen molar-refractivity contribution in [2.45, 2.75) is 18.4 Å². The van der Waals surface area contributed by atoms with Gasteiger partial charge in [0.25, 0.3) is 5.91 Å². The predicted molar refractivity (Wildman–Crippen MR) is 127 cm³/mol. The zero-order chi connectivity index (χ0) is 21.7. The summed E-state index contributed by atoms with van der Waals surface area (Å²) >= 11 is 1.41. The smallest absolute Gasteiger partial charge is 0.254 e. The first kappa shape index (κ1) is 20.9. The van der Waals surface area contributed by atoms with Crippen molar-refractivity contribution in [1.82, 2.24) is 5.32 Å². The standard InChI is InChI=1S/C24H24N4O2S/c1-31-25-14-8-13-24(28-18-11-6-3-7-12-18)16-20-19(22(29)27-23(20)30)15-21(24)26-17-9-4-2-5-10-17/h2-7,9-12,14-16,19,26,28H,8,13H2,1H3,(H,27,29,30). The minimum atomic E-state index is -0.713. The third-order valence-corrected chi connectivity index (χ3v) is 5.73. The second-order valence-electron chi connectivity index (χ2n) is 7.44. The number of benzene rings is 2. The molecule has 2 unspecified atom stereocenters. The van der Waals surface area contributed by atoms with Crippen molar-refractivity contribution in [3.63, 3.8) is 0 Å². The Hall–Kier alpha value is -3.32. The second kappa shape index (κ2) is 9.22. The van der Waals surface area contributed by atoms with Gasteiger partial charge in [0.2, 0.25) is 5.91 Å². The van der Waals surface area contributed by atoms with Crippen LogP contribution in [-0.2, 0) is 9.59 Å². The van der Waals surface area contributed by atoms with Crippen LogP contribution in [0.3, 0.4) is 0 Å². The quantitative estimate of drug-likeness (QED) is 0.331. The lowest BCUT2D eigenvalue weighted by Crippen LogP contribution is -2.44. The number of nitrogens with one attached hydrogen (secondary N) is 3. The number of amides is 2. The third-order valence-electron chi connectivity index (χ3n) is 5.37. The summed E-state index contributed by atoms with van der Waals surface area (Å²) in [5, 5.41) is 9.56. The molecule has 1 saturated heterocycles. The summed E-state index contributed by atoms with van der Waals surface area (Å²) in [5.41, 5.74) is 2.43. The van der Waals surface area contributed by atoms with E-state index in [1.807, 2.05) is 85.3 Å². The molecule has 2 aromatic rings. The fourth-order valence-electron chi connectivity index (χ4n) is 3.93. The molecule has 3 N–H and O–H groups in total. The predicted octanol–water partition coefficient (Wildman–Crippen LogP) is 4.17. The van der Waals surface area contributed by atoms with E-state index in [9.17, 15) is 9.59 Å². The SMILES string of the molecule is CSN=CCCC1(Nc2ccccc2)C=C2C(=O)NC(=O)C2C=C1Nc1ccccc1. The van der Waals surface area contributed by atoms with Gasteiger partial charge in [-0.2, -0.15) is 0 Å². The molecule has 2 aromatic carbocycles. The van der Waals surface area contributed by atoms with Gasteiger partial charge >= 0.3 is 0 Å². The Morgan fingerprint density at radius 1 is 1.06 bits per heavy atom. The molecule has 7 heteroatoms. The highest BCUT2D eigenvalue weighted by Gasteiger charge is 2.45. The van der Waals surface area contributed by atoms with Crippen molar-refractivity contribution in [3.05, 3.63) is 84.1 Å². The first-order chi connectivity index (χ1) is 15.1. The Balaban J connectivity index is 1.78. The number of nitrogens with zero attached hydrogens (tertiary/aromatic N) is 1. The van der Waals surface area contributed by atoms with Crippen LogP contribution >= 0.6 is 11.9 Å². The molecule has 1 aliphatic heterocycles. The van der Waals surface area contributed by atoms with Crippen molar-refractivity contribution in [2.75, 3.05) is 16.9 Å².